The predicted molar refractivity (Wildman–Crippen MR) is 57.5 cm³/mol. The van der Waals surface area contributed by atoms with E-state index in [0.29, 0.717) is 13.1 Å². The first-order chi connectivity index (χ1) is 5.86. The molecule has 1 fully saturated rings. The third kappa shape index (κ3) is 2.75. The van der Waals surface area contributed by atoms with Gasteiger partial charge in [-0.3, -0.25) is 10.6 Å². The summed E-state index contributed by atoms with van der Waals surface area (Å²) < 4.78 is -3.12. The van der Waals surface area contributed by atoms with Crippen molar-refractivity contribution in [3.63, 3.8) is 0 Å². The van der Waals surface area contributed by atoms with Gasteiger partial charge in [0.25, 0.3) is 0 Å². The zero-order chi connectivity index (χ0) is 10.1. The predicted octanol–water partition coefficient (Wildman–Crippen LogP) is 1.11. The largest absolute Gasteiger partial charge is 0.314 e. The lowest BCUT2D eigenvalue weighted by Gasteiger charge is -2.41. The SMILES string of the molecule is NC(Cl)(Cl)C(Cl)(Cl)N1CCNCC1. The Labute approximate surface area is 97.4 Å². The van der Waals surface area contributed by atoms with Crippen LogP contribution in [0.5, 0.6) is 0 Å². The summed E-state index contributed by atoms with van der Waals surface area (Å²) in [4.78, 5) is 1.74. The molecule has 0 atom stereocenters. The van der Waals surface area contributed by atoms with Gasteiger partial charge in [0.1, 0.15) is 0 Å². The highest BCUT2D eigenvalue weighted by Crippen LogP contribution is 2.41. The summed E-state index contributed by atoms with van der Waals surface area (Å²) in [7, 11) is 0. The van der Waals surface area contributed by atoms with E-state index in [1.807, 2.05) is 0 Å². The molecule has 3 N–H and O–H groups in total. The fourth-order valence-corrected chi connectivity index (χ4v) is 1.73. The lowest BCUT2D eigenvalue weighted by Crippen LogP contribution is -2.60. The Morgan fingerprint density at radius 1 is 1.08 bits per heavy atom. The number of halogens is 4. The Kier molecular flexibility index (Phi) is 3.98. The van der Waals surface area contributed by atoms with Crippen molar-refractivity contribution < 1.29 is 0 Å². The van der Waals surface area contributed by atoms with Gasteiger partial charge in [-0.05, 0) is 0 Å². The summed E-state index contributed by atoms with van der Waals surface area (Å²) in [5, 5.41) is 3.15. The number of nitrogens with two attached hydrogens (primary N) is 1. The monoisotopic (exact) mass is 265 g/mol. The molecule has 0 radical (unpaired) electrons. The molecule has 0 unspecified atom stereocenters. The van der Waals surface area contributed by atoms with Crippen molar-refractivity contribution >= 4 is 46.4 Å². The van der Waals surface area contributed by atoms with Crippen molar-refractivity contribution in [1.82, 2.24) is 10.2 Å². The molecule has 7 heteroatoms. The number of hydrogen-bond donors (Lipinski definition) is 2. The first-order valence-electron chi connectivity index (χ1n) is 3.86. The minimum absolute atomic E-state index is 0.672. The van der Waals surface area contributed by atoms with Crippen LogP contribution in [0.4, 0.5) is 0 Å². The number of nitrogens with one attached hydrogen (secondary N) is 1. The Morgan fingerprint density at radius 2 is 1.54 bits per heavy atom. The fourth-order valence-electron chi connectivity index (χ4n) is 1.16. The van der Waals surface area contributed by atoms with Crippen LogP contribution in [-0.2, 0) is 0 Å². The summed E-state index contributed by atoms with van der Waals surface area (Å²) in [5.74, 6) is 0. The Morgan fingerprint density at radius 3 is 1.92 bits per heavy atom. The molecule has 0 aromatic carbocycles. The van der Waals surface area contributed by atoms with Crippen molar-refractivity contribution in [3.8, 4) is 0 Å². The molecule has 13 heavy (non-hydrogen) atoms. The maximum Gasteiger partial charge on any atom is 0.217 e. The standard InChI is InChI=1S/C6H11Cl4N3/c7-5(8,11)6(9,10)13-3-1-12-2-4-13/h12H,1-4,11H2. The average molecular weight is 267 g/mol. The summed E-state index contributed by atoms with van der Waals surface area (Å²) in [5.41, 5.74) is 5.45. The first-order valence-corrected chi connectivity index (χ1v) is 5.37. The second-order valence-electron chi connectivity index (χ2n) is 2.90. The van der Waals surface area contributed by atoms with E-state index in [1.165, 1.54) is 0 Å². The van der Waals surface area contributed by atoms with Crippen molar-refractivity contribution in [2.24, 2.45) is 5.73 Å². The van der Waals surface area contributed by atoms with Gasteiger partial charge in [-0.2, -0.15) is 0 Å². The van der Waals surface area contributed by atoms with E-state index >= 15 is 0 Å². The van der Waals surface area contributed by atoms with E-state index in [2.05, 4.69) is 5.32 Å². The van der Waals surface area contributed by atoms with Gasteiger partial charge in [-0.15, -0.1) is 0 Å². The van der Waals surface area contributed by atoms with Crippen LogP contribution in [0, 0.1) is 0 Å². The van der Waals surface area contributed by atoms with Crippen LogP contribution in [0.25, 0.3) is 0 Å². The molecule has 0 aromatic rings. The molecule has 0 spiro atoms. The van der Waals surface area contributed by atoms with Gasteiger partial charge < -0.3 is 5.32 Å². The quantitative estimate of drug-likeness (QED) is 0.581. The van der Waals surface area contributed by atoms with Gasteiger partial charge in [0.15, 0.2) is 0 Å². The summed E-state index contributed by atoms with van der Waals surface area (Å²) in [6, 6.07) is 0. The van der Waals surface area contributed by atoms with Crippen molar-refractivity contribution in [2.75, 3.05) is 26.2 Å². The van der Waals surface area contributed by atoms with E-state index in [1.54, 1.807) is 4.90 Å². The van der Waals surface area contributed by atoms with Crippen LogP contribution in [0.2, 0.25) is 0 Å². The Hall–Kier alpha value is 1.04. The minimum atomic E-state index is -1.67. The van der Waals surface area contributed by atoms with E-state index in [-0.39, 0.29) is 0 Å². The summed E-state index contributed by atoms with van der Waals surface area (Å²) in [6.07, 6.45) is 0. The molecule has 1 rings (SSSR count). The van der Waals surface area contributed by atoms with E-state index in [0.717, 1.165) is 13.1 Å². The highest BCUT2D eigenvalue weighted by atomic mass is 35.5. The molecule has 0 amide bonds. The second-order valence-corrected chi connectivity index (χ2v) is 5.57. The zero-order valence-electron chi connectivity index (χ0n) is 6.86. The number of nitrogens with zero attached hydrogens (tertiary/aromatic N) is 1. The van der Waals surface area contributed by atoms with Gasteiger partial charge in [-0.1, -0.05) is 46.4 Å². The van der Waals surface area contributed by atoms with Crippen LogP contribution in [0.15, 0.2) is 0 Å². The van der Waals surface area contributed by atoms with E-state index in [4.69, 9.17) is 52.1 Å². The average Bonchev–Trinajstić information content (AvgIpc) is 2.04. The number of hydrogen-bond acceptors (Lipinski definition) is 3. The van der Waals surface area contributed by atoms with Gasteiger partial charge in [-0.25, -0.2) is 0 Å². The lowest BCUT2D eigenvalue weighted by atomic mass is 10.3. The molecule has 3 nitrogen and oxygen atoms in total. The van der Waals surface area contributed by atoms with E-state index < -0.39 is 8.91 Å². The van der Waals surface area contributed by atoms with Gasteiger partial charge in [0.05, 0.1) is 0 Å². The maximum atomic E-state index is 5.97. The molecule has 0 bridgehead atoms. The topological polar surface area (TPSA) is 41.3 Å². The molecule has 0 aliphatic carbocycles. The van der Waals surface area contributed by atoms with Crippen molar-refractivity contribution in [3.05, 3.63) is 0 Å². The summed E-state index contributed by atoms with van der Waals surface area (Å²) >= 11 is 23.3. The van der Waals surface area contributed by atoms with Gasteiger partial charge in [0, 0.05) is 26.2 Å². The molecule has 1 aliphatic rings. The van der Waals surface area contributed by atoms with E-state index in [9.17, 15) is 0 Å². The molecule has 0 saturated carbocycles. The number of rotatable bonds is 2. The third-order valence-corrected chi connectivity index (χ3v) is 3.92. The van der Waals surface area contributed by atoms with Crippen LogP contribution < -0.4 is 11.1 Å². The van der Waals surface area contributed by atoms with Crippen LogP contribution in [0.1, 0.15) is 0 Å². The molecule has 1 aliphatic heterocycles. The number of piperazine rings is 1. The molecular weight excluding hydrogens is 256 g/mol. The minimum Gasteiger partial charge on any atom is -0.314 e. The lowest BCUT2D eigenvalue weighted by molar-refractivity contribution is 0.184. The third-order valence-electron chi connectivity index (χ3n) is 1.92. The van der Waals surface area contributed by atoms with Crippen molar-refractivity contribution in [2.45, 2.75) is 8.91 Å². The fraction of sp³-hybridized carbons (Fsp3) is 1.00. The van der Waals surface area contributed by atoms with Crippen LogP contribution in [-0.4, -0.2) is 40.0 Å². The van der Waals surface area contributed by atoms with Crippen molar-refractivity contribution in [1.29, 1.82) is 0 Å². The molecule has 78 valence electrons. The highest BCUT2D eigenvalue weighted by Gasteiger charge is 2.49. The summed E-state index contributed by atoms with van der Waals surface area (Å²) in [6.45, 7) is 2.94. The Balaban J connectivity index is 2.67. The van der Waals surface area contributed by atoms with Gasteiger partial charge in [0.2, 0.25) is 8.91 Å². The molecule has 1 saturated heterocycles. The zero-order valence-corrected chi connectivity index (χ0v) is 9.89. The molecular formula is C6H11Cl4N3. The highest BCUT2D eigenvalue weighted by molar-refractivity contribution is 6.61. The smallest absolute Gasteiger partial charge is 0.217 e. The molecule has 1 heterocycles. The normalized spacial score (nSPS) is 21.9. The van der Waals surface area contributed by atoms with Crippen LogP contribution >= 0.6 is 46.4 Å². The van der Waals surface area contributed by atoms with Crippen LogP contribution in [0.3, 0.4) is 0 Å². The Bertz CT molecular complexity index is 173. The maximum absolute atomic E-state index is 5.97. The molecule has 0 aromatic heterocycles. The first kappa shape index (κ1) is 12.1. The van der Waals surface area contributed by atoms with Gasteiger partial charge >= 0.3 is 0 Å². The second kappa shape index (κ2) is 4.27. The number of alkyl halides is 4.